The summed E-state index contributed by atoms with van der Waals surface area (Å²) in [6.07, 6.45) is 0.990. The predicted octanol–water partition coefficient (Wildman–Crippen LogP) is 14.7. The van der Waals surface area contributed by atoms with Gasteiger partial charge in [0.1, 0.15) is 0 Å². The fraction of sp³-hybridized carbons (Fsp3) is 0.127. The zero-order valence-corrected chi connectivity index (χ0v) is 32.4. The summed E-state index contributed by atoms with van der Waals surface area (Å²) in [6, 6.07) is 65.8. The highest BCUT2D eigenvalue weighted by Crippen LogP contribution is 2.53. The SMILES string of the molecule is CC1(C)c2ccccc2-c2ccc(N(c3ccc(-c4ccccc4)cc3)c3ccc(-c4ccc5c(c4)-c4cc6c(cc4C5)C(C)(C)c4ccccc4-6)cc3)cc21. The van der Waals surface area contributed by atoms with E-state index in [2.05, 4.69) is 209 Å². The van der Waals surface area contributed by atoms with Crippen LogP contribution in [0, 0.1) is 0 Å². The Hall–Kier alpha value is -6.44. The first-order valence-corrected chi connectivity index (χ1v) is 20.0. The van der Waals surface area contributed by atoms with E-state index in [4.69, 9.17) is 0 Å². The second kappa shape index (κ2) is 12.0. The fourth-order valence-corrected chi connectivity index (χ4v) is 10.1. The molecule has 0 saturated heterocycles. The topological polar surface area (TPSA) is 3.24 Å². The maximum atomic E-state index is 2.50. The van der Waals surface area contributed by atoms with Crippen molar-refractivity contribution in [2.75, 3.05) is 4.90 Å². The van der Waals surface area contributed by atoms with Crippen LogP contribution in [-0.2, 0) is 17.3 Å². The predicted molar refractivity (Wildman–Crippen MR) is 235 cm³/mol. The summed E-state index contributed by atoms with van der Waals surface area (Å²) in [4.78, 5) is 2.41. The van der Waals surface area contributed by atoms with Crippen LogP contribution >= 0.6 is 0 Å². The van der Waals surface area contributed by atoms with Crippen LogP contribution in [0.4, 0.5) is 17.1 Å². The molecule has 0 unspecified atom stereocenters. The highest BCUT2D eigenvalue weighted by Gasteiger charge is 2.38. The minimum Gasteiger partial charge on any atom is -0.310 e. The summed E-state index contributed by atoms with van der Waals surface area (Å²) in [5, 5.41) is 0. The third-order valence-electron chi connectivity index (χ3n) is 13.1. The van der Waals surface area contributed by atoms with E-state index in [-0.39, 0.29) is 10.8 Å². The first kappa shape index (κ1) is 32.9. The van der Waals surface area contributed by atoms with Crippen LogP contribution in [0.15, 0.2) is 176 Å². The van der Waals surface area contributed by atoms with Gasteiger partial charge in [-0.3, -0.25) is 0 Å². The van der Waals surface area contributed by atoms with Gasteiger partial charge in [-0.05, 0) is 144 Å². The molecule has 0 amide bonds. The highest BCUT2D eigenvalue weighted by molar-refractivity contribution is 5.91. The van der Waals surface area contributed by atoms with Gasteiger partial charge >= 0.3 is 0 Å². The molecule has 0 aromatic heterocycles. The van der Waals surface area contributed by atoms with Crippen molar-refractivity contribution in [2.45, 2.75) is 44.9 Å². The minimum absolute atomic E-state index is 0.0153. The molecule has 0 N–H and O–H groups in total. The first-order chi connectivity index (χ1) is 27.3. The molecule has 0 fully saturated rings. The van der Waals surface area contributed by atoms with E-state index in [1.54, 1.807) is 0 Å². The van der Waals surface area contributed by atoms with Gasteiger partial charge in [-0.25, -0.2) is 0 Å². The standard InChI is InChI=1S/C55H43N/c1-54(2)51-17-11-9-15-45(51)49-34-48-40(32-52(49)54)30-39-19-18-38(31-47(39)48)37-22-26-42(27-23-37)56(41-24-20-36(21-25-41)35-12-6-5-7-13-35)43-28-29-46-44-14-8-10-16-50(44)55(3,4)53(46)33-43/h5-29,31-34H,30H2,1-4H3. The Morgan fingerprint density at radius 2 is 0.804 bits per heavy atom. The van der Waals surface area contributed by atoms with Gasteiger partial charge < -0.3 is 4.90 Å². The molecule has 8 aromatic rings. The second-order valence-electron chi connectivity index (χ2n) is 17.0. The van der Waals surface area contributed by atoms with E-state index in [1.807, 2.05) is 0 Å². The Morgan fingerprint density at radius 3 is 1.46 bits per heavy atom. The molecular formula is C55H43N. The largest absolute Gasteiger partial charge is 0.310 e. The molecule has 0 heterocycles. The monoisotopic (exact) mass is 717 g/mol. The Bertz CT molecular complexity index is 2860. The Morgan fingerprint density at radius 1 is 0.321 bits per heavy atom. The molecule has 8 aromatic carbocycles. The molecule has 1 heteroatoms. The van der Waals surface area contributed by atoms with Crippen LogP contribution in [0.3, 0.4) is 0 Å². The lowest BCUT2D eigenvalue weighted by molar-refractivity contribution is 0.659. The van der Waals surface area contributed by atoms with E-state index >= 15 is 0 Å². The summed E-state index contributed by atoms with van der Waals surface area (Å²) in [6.45, 7) is 9.46. The van der Waals surface area contributed by atoms with Crippen molar-refractivity contribution in [1.82, 2.24) is 0 Å². The zero-order valence-electron chi connectivity index (χ0n) is 32.4. The molecule has 3 aliphatic carbocycles. The molecule has 11 rings (SSSR count). The van der Waals surface area contributed by atoms with Crippen molar-refractivity contribution in [3.63, 3.8) is 0 Å². The molecule has 56 heavy (non-hydrogen) atoms. The van der Waals surface area contributed by atoms with Crippen molar-refractivity contribution >= 4 is 17.1 Å². The third-order valence-corrected chi connectivity index (χ3v) is 13.1. The Labute approximate surface area is 330 Å². The summed E-state index contributed by atoms with van der Waals surface area (Å²) in [5.41, 5.74) is 25.0. The zero-order chi connectivity index (χ0) is 37.8. The average molecular weight is 718 g/mol. The molecule has 0 saturated carbocycles. The maximum Gasteiger partial charge on any atom is 0.0465 e. The van der Waals surface area contributed by atoms with Crippen LogP contribution in [0.1, 0.15) is 61.1 Å². The summed E-state index contributed by atoms with van der Waals surface area (Å²) >= 11 is 0. The van der Waals surface area contributed by atoms with Crippen LogP contribution in [0.2, 0.25) is 0 Å². The quantitative estimate of drug-likeness (QED) is 0.171. The lowest BCUT2D eigenvalue weighted by Crippen LogP contribution is -2.16. The van der Waals surface area contributed by atoms with Crippen molar-refractivity contribution in [1.29, 1.82) is 0 Å². The molecule has 268 valence electrons. The molecule has 0 aliphatic heterocycles. The number of hydrogen-bond acceptors (Lipinski definition) is 1. The lowest BCUT2D eigenvalue weighted by Gasteiger charge is -2.28. The second-order valence-corrected chi connectivity index (χ2v) is 17.0. The lowest BCUT2D eigenvalue weighted by atomic mass is 9.81. The van der Waals surface area contributed by atoms with Crippen LogP contribution in [0.5, 0.6) is 0 Å². The van der Waals surface area contributed by atoms with Gasteiger partial charge in [0.15, 0.2) is 0 Å². The Balaban J connectivity index is 0.976. The van der Waals surface area contributed by atoms with Crippen molar-refractivity contribution in [2.24, 2.45) is 0 Å². The van der Waals surface area contributed by atoms with Gasteiger partial charge in [-0.15, -0.1) is 0 Å². The van der Waals surface area contributed by atoms with Gasteiger partial charge in [-0.1, -0.05) is 155 Å². The van der Waals surface area contributed by atoms with Gasteiger partial charge in [0, 0.05) is 27.9 Å². The number of hydrogen-bond donors (Lipinski definition) is 0. The van der Waals surface area contributed by atoms with Crippen molar-refractivity contribution in [3.05, 3.63) is 209 Å². The van der Waals surface area contributed by atoms with Gasteiger partial charge in [0.05, 0.1) is 0 Å². The number of nitrogens with zero attached hydrogens (tertiary/aromatic N) is 1. The Kier molecular flexibility index (Phi) is 7.08. The molecule has 0 atom stereocenters. The normalized spacial score (nSPS) is 14.6. The molecule has 1 nitrogen and oxygen atoms in total. The van der Waals surface area contributed by atoms with Crippen LogP contribution in [0.25, 0.3) is 55.6 Å². The van der Waals surface area contributed by atoms with E-state index in [0.29, 0.717) is 0 Å². The summed E-state index contributed by atoms with van der Waals surface area (Å²) in [7, 11) is 0. The van der Waals surface area contributed by atoms with E-state index in [1.165, 1.54) is 89.0 Å². The smallest absolute Gasteiger partial charge is 0.0465 e. The fourth-order valence-electron chi connectivity index (χ4n) is 10.1. The van der Waals surface area contributed by atoms with Gasteiger partial charge in [-0.2, -0.15) is 0 Å². The third kappa shape index (κ3) is 4.87. The number of anilines is 3. The summed E-state index contributed by atoms with van der Waals surface area (Å²) in [5.74, 6) is 0. The van der Waals surface area contributed by atoms with E-state index < -0.39 is 0 Å². The molecule has 0 radical (unpaired) electrons. The van der Waals surface area contributed by atoms with Crippen LogP contribution in [-0.4, -0.2) is 0 Å². The minimum atomic E-state index is -0.0829. The van der Waals surface area contributed by atoms with Gasteiger partial charge in [0.25, 0.3) is 0 Å². The maximum absolute atomic E-state index is 2.50. The highest BCUT2D eigenvalue weighted by atomic mass is 15.1. The van der Waals surface area contributed by atoms with E-state index in [0.717, 1.165) is 23.5 Å². The number of rotatable bonds is 5. The molecule has 3 aliphatic rings. The van der Waals surface area contributed by atoms with Gasteiger partial charge in [0.2, 0.25) is 0 Å². The average Bonchev–Trinajstić information content (AvgIpc) is 3.79. The van der Waals surface area contributed by atoms with Crippen LogP contribution < -0.4 is 4.90 Å². The number of benzene rings is 8. The molecular weight excluding hydrogens is 675 g/mol. The molecule has 0 bridgehead atoms. The van der Waals surface area contributed by atoms with E-state index in [9.17, 15) is 0 Å². The first-order valence-electron chi connectivity index (χ1n) is 20.0. The van der Waals surface area contributed by atoms with Crippen molar-refractivity contribution in [3.8, 4) is 55.6 Å². The van der Waals surface area contributed by atoms with Crippen molar-refractivity contribution < 1.29 is 0 Å². The molecule has 0 spiro atoms. The summed E-state index contributed by atoms with van der Waals surface area (Å²) < 4.78 is 0. The number of fused-ring (bicyclic) bond motifs is 9.